The molecule has 0 aliphatic heterocycles. The summed E-state index contributed by atoms with van der Waals surface area (Å²) in [7, 11) is -4.54. The Bertz CT molecular complexity index is 1620. The zero-order valence-electron chi connectivity index (χ0n) is 23.5. The van der Waals surface area contributed by atoms with Crippen LogP contribution in [-0.2, 0) is 25.8 Å². The van der Waals surface area contributed by atoms with Crippen molar-refractivity contribution in [2.24, 2.45) is 10.2 Å². The minimum absolute atomic E-state index is 0.00248. The molecule has 0 unspecified atom stereocenters. The number of aryl methyl sites for hydroxylation is 1. The molecule has 0 atom stereocenters. The van der Waals surface area contributed by atoms with Crippen LogP contribution in [0.5, 0.6) is 11.5 Å². The summed E-state index contributed by atoms with van der Waals surface area (Å²) < 4.78 is 89.3. The largest absolute Gasteiger partial charge is 0.494 e. The van der Waals surface area contributed by atoms with Gasteiger partial charge in [-0.25, -0.2) is 9.59 Å². The Labute approximate surface area is 251 Å². The Kier molecular flexibility index (Phi) is 11.8. The third kappa shape index (κ3) is 10.3. The average Bonchev–Trinajstić information content (AvgIpc) is 2.97. The molecule has 3 aromatic carbocycles. The van der Waals surface area contributed by atoms with Crippen LogP contribution in [0.2, 0.25) is 0 Å². The minimum Gasteiger partial charge on any atom is -0.494 e. The minimum atomic E-state index is -4.91. The first kappa shape index (κ1) is 33.9. The van der Waals surface area contributed by atoms with Crippen LogP contribution in [0.15, 0.2) is 88.4 Å². The van der Waals surface area contributed by atoms with E-state index in [-0.39, 0.29) is 22.5 Å². The maximum atomic E-state index is 13.8. The van der Waals surface area contributed by atoms with Gasteiger partial charge in [0.25, 0.3) is 10.1 Å². The Morgan fingerprint density at radius 2 is 1.52 bits per heavy atom. The highest BCUT2D eigenvalue weighted by Gasteiger charge is 2.35. The van der Waals surface area contributed by atoms with E-state index in [1.807, 2.05) is 0 Å². The maximum Gasteiger partial charge on any atom is 0.420 e. The fourth-order valence-electron chi connectivity index (χ4n) is 3.76. The van der Waals surface area contributed by atoms with Crippen LogP contribution in [0, 0.1) is 6.92 Å². The van der Waals surface area contributed by atoms with Crippen LogP contribution >= 0.6 is 0 Å². The molecule has 0 aromatic heterocycles. The second-order valence-electron chi connectivity index (χ2n) is 9.35. The number of carbonyl (C=O) groups is 2. The number of hydrogen-bond donors (Lipinski definition) is 1. The zero-order chi connectivity index (χ0) is 32.3. The third-order valence-corrected chi connectivity index (χ3v) is 7.01. The standard InChI is InChI=1S/C30H29F3N2O8S/c1-3-28(36)42-17-7-5-4-6-16-41-24-13-9-21(10-14-24)29(37)43-26-15-12-22(18-25(26)30(31,32)33)34-35-23-11-8-20(2)27(19-23)44(38,39)40/h3,8-15,18-19H,1,4-7,16-17H2,2H3,(H,38,39,40)/b35-34+. The molecule has 0 heterocycles. The number of ether oxygens (including phenoxy) is 3. The average molecular weight is 635 g/mol. The van der Waals surface area contributed by atoms with Gasteiger partial charge in [0.1, 0.15) is 17.1 Å². The van der Waals surface area contributed by atoms with Gasteiger partial charge in [-0.1, -0.05) is 12.6 Å². The van der Waals surface area contributed by atoms with Gasteiger partial charge in [0.05, 0.1) is 35.0 Å². The highest BCUT2D eigenvalue weighted by molar-refractivity contribution is 7.85. The van der Waals surface area contributed by atoms with Gasteiger partial charge < -0.3 is 14.2 Å². The van der Waals surface area contributed by atoms with E-state index in [1.165, 1.54) is 43.3 Å². The van der Waals surface area contributed by atoms with Crippen LogP contribution < -0.4 is 9.47 Å². The molecule has 1 N–H and O–H groups in total. The van der Waals surface area contributed by atoms with Gasteiger partial charge in [-0.05, 0) is 92.8 Å². The topological polar surface area (TPSA) is 141 Å². The van der Waals surface area contributed by atoms with E-state index in [1.54, 1.807) is 0 Å². The fourth-order valence-corrected chi connectivity index (χ4v) is 4.51. The lowest BCUT2D eigenvalue weighted by Gasteiger charge is -2.13. The van der Waals surface area contributed by atoms with Crippen molar-refractivity contribution < 1.29 is 49.9 Å². The number of halogens is 3. The van der Waals surface area contributed by atoms with Crippen LogP contribution in [0.1, 0.15) is 47.2 Å². The van der Waals surface area contributed by atoms with E-state index >= 15 is 0 Å². The molecule has 44 heavy (non-hydrogen) atoms. The van der Waals surface area contributed by atoms with Crippen LogP contribution in [-0.4, -0.2) is 38.1 Å². The smallest absolute Gasteiger partial charge is 0.420 e. The second kappa shape index (κ2) is 15.3. The van der Waals surface area contributed by atoms with Crippen molar-refractivity contribution in [1.82, 2.24) is 0 Å². The predicted molar refractivity (Wildman–Crippen MR) is 153 cm³/mol. The molecule has 234 valence electrons. The number of nitrogens with zero attached hydrogens (tertiary/aromatic N) is 2. The molecule has 3 rings (SSSR count). The first-order valence-corrected chi connectivity index (χ1v) is 14.7. The number of rotatable bonds is 14. The molecule has 0 bridgehead atoms. The molecule has 0 saturated carbocycles. The lowest BCUT2D eigenvalue weighted by molar-refractivity contribution is -0.139. The van der Waals surface area contributed by atoms with Crippen LogP contribution in [0.4, 0.5) is 24.5 Å². The summed E-state index contributed by atoms with van der Waals surface area (Å²) in [5.41, 5.74) is -1.30. The maximum absolute atomic E-state index is 13.8. The van der Waals surface area contributed by atoms with Gasteiger partial charge in [-0.2, -0.15) is 31.8 Å². The first-order valence-electron chi connectivity index (χ1n) is 13.2. The third-order valence-electron chi connectivity index (χ3n) is 6.01. The zero-order valence-corrected chi connectivity index (χ0v) is 24.4. The van der Waals surface area contributed by atoms with Gasteiger partial charge >= 0.3 is 18.1 Å². The van der Waals surface area contributed by atoms with Crippen molar-refractivity contribution in [2.75, 3.05) is 13.2 Å². The summed E-state index contributed by atoms with van der Waals surface area (Å²) in [5.74, 6) is -1.76. The lowest BCUT2D eigenvalue weighted by atomic mass is 10.1. The Morgan fingerprint density at radius 3 is 2.14 bits per heavy atom. The molecule has 0 amide bonds. The number of carbonyl (C=O) groups excluding carboxylic acids is 2. The van der Waals surface area contributed by atoms with Crippen molar-refractivity contribution in [1.29, 1.82) is 0 Å². The summed E-state index contributed by atoms with van der Waals surface area (Å²) in [4.78, 5) is 23.2. The second-order valence-corrected chi connectivity index (χ2v) is 10.7. The number of benzene rings is 3. The van der Waals surface area contributed by atoms with Crippen molar-refractivity contribution in [3.63, 3.8) is 0 Å². The summed E-state index contributed by atoms with van der Waals surface area (Å²) in [6.45, 7) is 5.49. The van der Waals surface area contributed by atoms with E-state index in [0.717, 1.165) is 43.5 Å². The molecular formula is C30H29F3N2O8S. The van der Waals surface area contributed by atoms with Gasteiger partial charge in [-0.3, -0.25) is 4.55 Å². The molecular weight excluding hydrogens is 605 g/mol. The normalized spacial score (nSPS) is 11.8. The van der Waals surface area contributed by atoms with E-state index in [9.17, 15) is 35.7 Å². The Balaban J connectivity index is 1.60. The van der Waals surface area contributed by atoms with Gasteiger partial charge in [0.2, 0.25) is 0 Å². The summed E-state index contributed by atoms with van der Waals surface area (Å²) in [6.07, 6.45) is -0.657. The molecule has 0 saturated heterocycles. The van der Waals surface area contributed by atoms with E-state index < -0.39 is 44.4 Å². The molecule has 0 radical (unpaired) electrons. The quantitative estimate of drug-likeness (QED) is 0.0478. The molecule has 0 aliphatic rings. The highest BCUT2D eigenvalue weighted by Crippen LogP contribution is 2.39. The van der Waals surface area contributed by atoms with Crippen molar-refractivity contribution in [3.8, 4) is 11.5 Å². The van der Waals surface area contributed by atoms with E-state index in [2.05, 4.69) is 16.8 Å². The summed E-state index contributed by atoms with van der Waals surface area (Å²) in [6, 6.07) is 12.2. The van der Waals surface area contributed by atoms with Crippen molar-refractivity contribution >= 4 is 33.4 Å². The number of hydrogen-bond acceptors (Lipinski definition) is 9. The number of azo groups is 1. The number of unbranched alkanes of at least 4 members (excludes halogenated alkanes) is 3. The number of esters is 2. The SMILES string of the molecule is C=CC(=O)OCCCCCCOc1ccc(C(=O)Oc2ccc(/N=N/c3ccc(C)c(S(=O)(=O)O)c3)cc2C(F)(F)F)cc1. The molecule has 10 nitrogen and oxygen atoms in total. The summed E-state index contributed by atoms with van der Waals surface area (Å²) >= 11 is 0. The molecule has 14 heteroatoms. The summed E-state index contributed by atoms with van der Waals surface area (Å²) in [5, 5.41) is 7.48. The van der Waals surface area contributed by atoms with E-state index in [4.69, 9.17) is 14.2 Å². The molecule has 3 aromatic rings. The first-order chi connectivity index (χ1) is 20.8. The molecule has 0 aliphatic carbocycles. The molecule has 0 fully saturated rings. The number of alkyl halides is 3. The van der Waals surface area contributed by atoms with Crippen molar-refractivity contribution in [2.45, 2.75) is 43.7 Å². The Morgan fingerprint density at radius 1 is 0.909 bits per heavy atom. The Hall–Kier alpha value is -4.56. The molecule has 0 spiro atoms. The van der Waals surface area contributed by atoms with Gasteiger partial charge in [-0.15, -0.1) is 0 Å². The highest BCUT2D eigenvalue weighted by atomic mass is 32.2. The predicted octanol–water partition coefficient (Wildman–Crippen LogP) is 7.56. The van der Waals surface area contributed by atoms with Crippen molar-refractivity contribution in [3.05, 3.63) is 90.0 Å². The fraction of sp³-hybridized carbons (Fsp3) is 0.267. The lowest BCUT2D eigenvalue weighted by Crippen LogP contribution is -2.13. The van der Waals surface area contributed by atoms with Crippen LogP contribution in [0.3, 0.4) is 0 Å². The van der Waals surface area contributed by atoms with Gasteiger partial charge in [0.15, 0.2) is 0 Å². The van der Waals surface area contributed by atoms with Gasteiger partial charge in [0, 0.05) is 6.08 Å². The van der Waals surface area contributed by atoms with Crippen LogP contribution in [0.25, 0.3) is 0 Å². The monoisotopic (exact) mass is 634 g/mol. The van der Waals surface area contributed by atoms with E-state index in [0.29, 0.717) is 31.5 Å².